The van der Waals surface area contributed by atoms with Crippen LogP contribution in [-0.2, 0) is 56.8 Å². The highest BCUT2D eigenvalue weighted by Crippen LogP contribution is 2.38. The Labute approximate surface area is 374 Å². The van der Waals surface area contributed by atoms with Crippen LogP contribution in [0.4, 0.5) is 0 Å². The minimum Gasteiger partial charge on any atom is -0.394 e. The Morgan fingerprint density at radius 1 is 0.227 bits per heavy atom. The van der Waals surface area contributed by atoms with Crippen molar-refractivity contribution in [1.82, 2.24) is 0 Å². The van der Waals surface area contributed by atoms with Crippen molar-refractivity contribution in [3.63, 3.8) is 0 Å². The van der Waals surface area contributed by atoms with E-state index in [-0.39, 0.29) is 6.42 Å². The van der Waals surface area contributed by atoms with Crippen molar-refractivity contribution in [3.05, 3.63) is 0 Å². The van der Waals surface area contributed by atoms with E-state index >= 15 is 0 Å². The Hall–Kier alpha value is -1.16. The van der Waals surface area contributed by atoms with E-state index in [0.717, 1.165) is 0 Å². The van der Waals surface area contributed by atoms with E-state index in [0.29, 0.717) is 0 Å². The van der Waals surface area contributed by atoms with Gasteiger partial charge in [-0.05, 0) is 6.42 Å². The molecule has 0 saturated carbocycles. The van der Waals surface area contributed by atoms with Gasteiger partial charge in [-0.2, -0.15) is 0 Å². The number of aliphatic hydroxyl groups is 17. The number of rotatable bonds is 6. The summed E-state index contributed by atoms with van der Waals surface area (Å²) in [6.45, 7) is -3.28. The summed E-state index contributed by atoms with van der Waals surface area (Å²) < 4.78 is 68.7. The third-order valence-electron chi connectivity index (χ3n) is 12.9. The lowest BCUT2D eigenvalue weighted by atomic mass is 9.94. The molecule has 0 aromatic rings. The normalized spacial score (nSPS) is 55.4. The average Bonchev–Trinajstić information content (AvgIpc) is 3.31. The molecule has 384 valence electrons. The second kappa shape index (κ2) is 22.1. The van der Waals surface area contributed by atoms with Crippen LogP contribution in [0.25, 0.3) is 0 Å². The molecule has 66 heavy (non-hydrogen) atoms. The molecule has 29 nitrogen and oxygen atoms in total. The van der Waals surface area contributed by atoms with Crippen LogP contribution in [0.3, 0.4) is 0 Å². The van der Waals surface area contributed by atoms with Gasteiger partial charge in [0.25, 0.3) is 0 Å². The second-order valence-electron chi connectivity index (χ2n) is 17.1. The van der Waals surface area contributed by atoms with Gasteiger partial charge in [0.15, 0.2) is 37.7 Å². The van der Waals surface area contributed by atoms with Gasteiger partial charge in [-0.15, -0.1) is 0 Å². The van der Waals surface area contributed by atoms with Crippen LogP contribution in [0.15, 0.2) is 0 Å². The van der Waals surface area contributed by atoms with Gasteiger partial charge in [0, 0.05) is 0 Å². The lowest BCUT2D eigenvalue weighted by Gasteiger charge is -2.50. The summed E-state index contributed by atoms with van der Waals surface area (Å²) in [5.41, 5.74) is 0. The van der Waals surface area contributed by atoms with Crippen molar-refractivity contribution in [2.45, 2.75) is 198 Å². The molecule has 22 aliphatic rings. The molecular weight excluding hydrogens is 908 g/mol. The first kappa shape index (κ1) is 52.7. The first-order valence-electron chi connectivity index (χ1n) is 21.5. The predicted molar refractivity (Wildman–Crippen MR) is 199 cm³/mol. The van der Waals surface area contributed by atoms with E-state index in [1.54, 1.807) is 6.92 Å². The van der Waals surface area contributed by atoms with E-state index in [4.69, 9.17) is 56.8 Å². The van der Waals surface area contributed by atoms with E-state index < -0.39 is 217 Å². The monoisotopic (exact) mass is 970 g/mol. The molecule has 22 rings (SSSR count). The largest absolute Gasteiger partial charge is 0.394 e. The topological polar surface area (TPSA) is 455 Å². The van der Waals surface area contributed by atoms with Gasteiger partial charge in [0.1, 0.15) is 140 Å². The molecule has 18 unspecified atom stereocenters. The first-order chi connectivity index (χ1) is 31.4. The summed E-state index contributed by atoms with van der Waals surface area (Å²) in [4.78, 5) is 0. The van der Waals surface area contributed by atoms with Crippen LogP contribution in [0.1, 0.15) is 13.3 Å². The molecule has 0 spiro atoms. The third kappa shape index (κ3) is 10.0. The Balaban J connectivity index is 1.19. The molecule has 22 aliphatic heterocycles. The zero-order valence-electron chi connectivity index (χ0n) is 35.1. The maximum atomic E-state index is 11.3. The molecule has 22 heterocycles. The maximum Gasteiger partial charge on any atom is 0.187 e. The zero-order chi connectivity index (χ0) is 48.0. The van der Waals surface area contributed by atoms with Gasteiger partial charge in [-0.3, -0.25) is 0 Å². The molecule has 17 N–H and O–H groups in total. The molecule has 22 fully saturated rings. The summed E-state index contributed by atoms with van der Waals surface area (Å²) in [5.74, 6) is 0. The summed E-state index contributed by atoms with van der Waals surface area (Å²) in [5, 5.41) is 186. The van der Waals surface area contributed by atoms with Gasteiger partial charge in [-0.1, -0.05) is 6.92 Å². The molecule has 30 atom stereocenters. The Kier molecular flexibility index (Phi) is 17.6. The standard InChI is InChI=1S/C37H62O29/c1-2-8-26-14(43)20(49)32(55-8)62-27-9(3-38)57-34(22(51)16(27)45)64-29-11(5-40)59-36(24(53)18(29)47)66-31-13(7-42)60-37(25(54)19(31)48)65-30-12(6-41)58-35(23(52)17(30)46)63-28-10(4-39)56-33(61-26)21(50)15(28)44/h8-54H,2-7H2,1H3/t8-,9-,10-,11-,12-,13-,14-,15-,16-,17-,18-,19-,20?,21?,22?,23?,24?,25?,26?,27?,28?,29?,30?,31?,32?,33?,34?,35?,36?,37?/m1/s1. The molecule has 0 aliphatic carbocycles. The summed E-state index contributed by atoms with van der Waals surface area (Å²) in [6, 6.07) is 0. The van der Waals surface area contributed by atoms with E-state index in [1.165, 1.54) is 0 Å². The fourth-order valence-corrected chi connectivity index (χ4v) is 9.11. The van der Waals surface area contributed by atoms with Crippen molar-refractivity contribution in [3.8, 4) is 0 Å². The van der Waals surface area contributed by atoms with Crippen molar-refractivity contribution in [2.75, 3.05) is 33.0 Å². The van der Waals surface area contributed by atoms with Crippen LogP contribution < -0.4 is 0 Å². The molecule has 22 saturated heterocycles. The molecule has 0 amide bonds. The summed E-state index contributed by atoms with van der Waals surface area (Å²) >= 11 is 0. The average molecular weight is 971 g/mol. The van der Waals surface area contributed by atoms with Crippen molar-refractivity contribution in [1.29, 1.82) is 0 Å². The molecule has 0 aromatic heterocycles. The number of hydrogen-bond acceptors (Lipinski definition) is 29. The van der Waals surface area contributed by atoms with Gasteiger partial charge >= 0.3 is 0 Å². The number of aliphatic hydroxyl groups excluding tert-OH is 17. The predicted octanol–water partition coefficient (Wildman–Crippen LogP) is -11.6. The minimum atomic E-state index is -2.13. The van der Waals surface area contributed by atoms with E-state index in [9.17, 15) is 86.8 Å². The molecule has 12 bridgehead atoms. The quantitative estimate of drug-likeness (QED) is 0.117. The fourth-order valence-electron chi connectivity index (χ4n) is 9.11. The van der Waals surface area contributed by atoms with Crippen LogP contribution in [-0.4, -0.2) is 304 Å². The summed E-state index contributed by atoms with van der Waals surface area (Å²) in [7, 11) is 0. The lowest BCUT2D eigenvalue weighted by molar-refractivity contribution is -0.403. The van der Waals surface area contributed by atoms with Crippen molar-refractivity contribution >= 4 is 0 Å². The van der Waals surface area contributed by atoms with Crippen LogP contribution >= 0.6 is 0 Å². The molecule has 0 aromatic carbocycles. The Morgan fingerprint density at radius 2 is 0.379 bits per heavy atom. The third-order valence-corrected chi connectivity index (χ3v) is 12.9. The molecule has 0 radical (unpaired) electrons. The smallest absolute Gasteiger partial charge is 0.187 e. The second-order valence-corrected chi connectivity index (χ2v) is 17.1. The van der Waals surface area contributed by atoms with Gasteiger partial charge in [0.05, 0.1) is 39.1 Å². The maximum absolute atomic E-state index is 11.3. The minimum absolute atomic E-state index is 0.00113. The van der Waals surface area contributed by atoms with Gasteiger partial charge < -0.3 is 144 Å². The van der Waals surface area contributed by atoms with Crippen LogP contribution in [0.5, 0.6) is 0 Å². The Bertz CT molecular complexity index is 1230. The zero-order valence-corrected chi connectivity index (χ0v) is 35.1. The lowest BCUT2D eigenvalue weighted by Crippen LogP contribution is -2.69. The van der Waals surface area contributed by atoms with Crippen LogP contribution in [0, 0.1) is 0 Å². The van der Waals surface area contributed by atoms with E-state index in [2.05, 4.69) is 0 Å². The number of hydrogen-bond donors (Lipinski definition) is 17. The van der Waals surface area contributed by atoms with Gasteiger partial charge in [0.2, 0.25) is 0 Å². The molecule has 29 heteroatoms. The highest BCUT2D eigenvalue weighted by molar-refractivity contribution is 5.01. The fraction of sp³-hybridized carbons (Fsp3) is 1.00. The van der Waals surface area contributed by atoms with E-state index in [1.807, 2.05) is 0 Å². The highest BCUT2D eigenvalue weighted by atomic mass is 16.8. The van der Waals surface area contributed by atoms with Crippen molar-refractivity contribution < 1.29 is 144 Å². The van der Waals surface area contributed by atoms with Gasteiger partial charge in [-0.25, -0.2) is 0 Å². The summed E-state index contributed by atoms with van der Waals surface area (Å²) in [6.07, 6.45) is -56.4. The highest BCUT2D eigenvalue weighted by Gasteiger charge is 2.58. The number of ether oxygens (including phenoxy) is 12. The molecular formula is C37H62O29. The van der Waals surface area contributed by atoms with Crippen LogP contribution in [0.2, 0.25) is 0 Å². The van der Waals surface area contributed by atoms with Crippen molar-refractivity contribution in [2.24, 2.45) is 0 Å². The first-order valence-corrected chi connectivity index (χ1v) is 21.5. The SMILES string of the molecule is CC[C@H]1OC2OC3[C@H](O)C(O)C(OC4[C@H](O)C(O)C(OC5[C@H](O)C(O)C(OC6[C@H](O)C(O)C(OC7[C@H](O)C(O)C(OC1[C@H](O)C2O)O[C@@H]7CO)O[C@@H]6CO)O[C@@H]5CO)O[C@@H]4CO)O[C@@H]3CO. The Morgan fingerprint density at radius 3 is 0.530 bits per heavy atom.